The molecule has 0 aromatic heterocycles. The Balaban J connectivity index is 1.63. The van der Waals surface area contributed by atoms with E-state index in [-0.39, 0.29) is 0 Å². The molecule has 3 atom stereocenters. The second-order valence-corrected chi connectivity index (χ2v) is 9.00. The highest BCUT2D eigenvalue weighted by molar-refractivity contribution is 5.60. The predicted octanol–water partition coefficient (Wildman–Crippen LogP) is 4.28. The van der Waals surface area contributed by atoms with Crippen molar-refractivity contribution in [2.75, 3.05) is 31.6 Å². The molecule has 0 amide bonds. The molecule has 0 N–H and O–H groups in total. The number of hydrogen-bond acceptors (Lipinski definition) is 2. The molecule has 2 saturated heterocycles. The number of likely N-dealkylation sites (tertiary alicyclic amines) is 1. The maximum atomic E-state index is 2.69. The number of nitrogens with zero attached hydrogens (tertiary/aromatic N) is 2. The van der Waals surface area contributed by atoms with E-state index >= 15 is 0 Å². The number of piperidine rings is 1. The third kappa shape index (κ3) is 2.05. The lowest BCUT2D eigenvalue weighted by Crippen LogP contribution is -2.59. The number of fused-ring (bicyclic) bond motifs is 1. The normalized spacial score (nSPS) is 35.7. The Morgan fingerprint density at radius 1 is 1.00 bits per heavy atom. The van der Waals surface area contributed by atoms with Gasteiger partial charge in [-0.15, -0.1) is 0 Å². The molecule has 4 aliphatic rings. The third-order valence-corrected chi connectivity index (χ3v) is 7.87. The molecule has 0 spiro atoms. The van der Waals surface area contributed by atoms with E-state index in [0.29, 0.717) is 5.41 Å². The Morgan fingerprint density at radius 3 is 2.67 bits per heavy atom. The van der Waals surface area contributed by atoms with Crippen LogP contribution in [0.2, 0.25) is 0 Å². The Bertz CT molecular complexity index is 646. The molecular formula is C22H32N2. The van der Waals surface area contributed by atoms with Crippen molar-refractivity contribution in [3.05, 3.63) is 28.8 Å². The Labute approximate surface area is 147 Å². The minimum absolute atomic E-state index is 0.511. The zero-order valence-corrected chi connectivity index (χ0v) is 15.5. The Hall–Kier alpha value is -1.02. The summed E-state index contributed by atoms with van der Waals surface area (Å²) < 4.78 is 0. The molecule has 1 aromatic rings. The van der Waals surface area contributed by atoms with Crippen molar-refractivity contribution in [2.45, 2.75) is 69.7 Å². The van der Waals surface area contributed by atoms with Crippen LogP contribution in [0.25, 0.3) is 0 Å². The summed E-state index contributed by atoms with van der Waals surface area (Å²) in [6.45, 7) is 6.18. The molecular weight excluding hydrogens is 292 g/mol. The molecule has 0 unspecified atom stereocenters. The summed E-state index contributed by atoms with van der Waals surface area (Å²) in [7, 11) is 2.38. The molecule has 1 saturated carbocycles. The average Bonchev–Trinajstić information content (AvgIpc) is 3.12. The van der Waals surface area contributed by atoms with E-state index in [9.17, 15) is 0 Å². The van der Waals surface area contributed by atoms with Crippen molar-refractivity contribution in [1.29, 1.82) is 0 Å². The van der Waals surface area contributed by atoms with Gasteiger partial charge >= 0.3 is 0 Å². The quantitative estimate of drug-likeness (QED) is 0.760. The highest BCUT2D eigenvalue weighted by Crippen LogP contribution is 2.56. The van der Waals surface area contributed by atoms with Gasteiger partial charge < -0.3 is 9.80 Å². The molecule has 2 aliphatic heterocycles. The molecule has 3 fully saturated rings. The second-order valence-electron chi connectivity index (χ2n) is 9.00. The van der Waals surface area contributed by atoms with Crippen molar-refractivity contribution in [2.24, 2.45) is 5.92 Å². The fraction of sp³-hybridized carbons (Fsp3) is 0.727. The third-order valence-electron chi connectivity index (χ3n) is 7.87. The molecule has 2 heterocycles. The number of anilines is 1. The molecule has 0 radical (unpaired) electrons. The highest BCUT2D eigenvalue weighted by atomic mass is 15.2. The summed E-state index contributed by atoms with van der Waals surface area (Å²) in [5, 5.41) is 0. The monoisotopic (exact) mass is 324 g/mol. The van der Waals surface area contributed by atoms with Crippen molar-refractivity contribution < 1.29 is 0 Å². The summed E-state index contributed by atoms with van der Waals surface area (Å²) >= 11 is 0. The van der Waals surface area contributed by atoms with Crippen molar-refractivity contribution in [3.8, 4) is 0 Å². The molecule has 5 rings (SSSR count). The van der Waals surface area contributed by atoms with Crippen LogP contribution in [-0.4, -0.2) is 37.6 Å². The van der Waals surface area contributed by atoms with E-state index in [1.807, 2.05) is 0 Å². The molecule has 2 heteroatoms. The standard InChI is InChI=1S/C22H32N2/c1-16-13-19-17(14-20(16)24-10-5-6-11-24)15-21-18-7-3-4-8-22(18,19)9-12-23(21)2/h13-14,18,21H,3-12,15H2,1-2H3/t18-,21-,22-/m1/s1. The SMILES string of the molecule is Cc1cc2c(cc1N1CCCC1)C[C@@H]1[C@H]3CCCC[C@]23CCN1C. The molecule has 1 aromatic carbocycles. The number of aryl methyl sites for hydroxylation is 1. The van der Waals surface area contributed by atoms with Crippen LogP contribution in [0.5, 0.6) is 0 Å². The highest BCUT2D eigenvalue weighted by Gasteiger charge is 2.53. The van der Waals surface area contributed by atoms with Crippen molar-refractivity contribution >= 4 is 5.69 Å². The number of rotatable bonds is 1. The van der Waals surface area contributed by atoms with Gasteiger partial charge in [-0.05, 0) is 87.7 Å². The maximum absolute atomic E-state index is 2.69. The average molecular weight is 325 g/mol. The zero-order valence-electron chi connectivity index (χ0n) is 15.5. The van der Waals surface area contributed by atoms with Gasteiger partial charge in [-0.25, -0.2) is 0 Å². The lowest BCUT2D eigenvalue weighted by atomic mass is 9.52. The van der Waals surface area contributed by atoms with Crippen LogP contribution >= 0.6 is 0 Å². The first-order valence-electron chi connectivity index (χ1n) is 10.3. The van der Waals surface area contributed by atoms with E-state index < -0.39 is 0 Å². The van der Waals surface area contributed by atoms with Crippen molar-refractivity contribution in [1.82, 2.24) is 4.90 Å². The Morgan fingerprint density at radius 2 is 1.83 bits per heavy atom. The van der Waals surface area contributed by atoms with Crippen LogP contribution in [0.1, 0.15) is 61.6 Å². The summed E-state index contributed by atoms with van der Waals surface area (Å²) in [4.78, 5) is 5.33. The number of hydrogen-bond donors (Lipinski definition) is 0. The van der Waals surface area contributed by atoms with E-state index in [1.165, 1.54) is 82.3 Å². The van der Waals surface area contributed by atoms with Crippen LogP contribution in [0, 0.1) is 12.8 Å². The Kier molecular flexibility index (Phi) is 3.49. The number of likely N-dealkylation sites (N-methyl/N-ethyl adjacent to an activating group) is 1. The van der Waals surface area contributed by atoms with E-state index in [0.717, 1.165) is 12.0 Å². The topological polar surface area (TPSA) is 6.48 Å². The van der Waals surface area contributed by atoms with Gasteiger partial charge in [-0.1, -0.05) is 18.9 Å². The molecule has 130 valence electrons. The first-order chi connectivity index (χ1) is 11.7. The summed E-state index contributed by atoms with van der Waals surface area (Å²) in [6.07, 6.45) is 11.2. The molecule has 2 nitrogen and oxygen atoms in total. The summed E-state index contributed by atoms with van der Waals surface area (Å²) in [5.41, 5.74) is 7.04. The summed E-state index contributed by atoms with van der Waals surface area (Å²) in [5.74, 6) is 0.912. The molecule has 2 aliphatic carbocycles. The van der Waals surface area contributed by atoms with Gasteiger partial charge in [0.25, 0.3) is 0 Å². The maximum Gasteiger partial charge on any atom is 0.0398 e. The van der Waals surface area contributed by atoms with Crippen LogP contribution in [-0.2, 0) is 11.8 Å². The van der Waals surface area contributed by atoms with Crippen LogP contribution in [0.3, 0.4) is 0 Å². The number of benzene rings is 1. The van der Waals surface area contributed by atoms with E-state index in [2.05, 4.69) is 35.9 Å². The molecule has 2 bridgehead atoms. The lowest BCUT2D eigenvalue weighted by Gasteiger charge is -2.58. The fourth-order valence-corrected chi connectivity index (χ4v) is 6.65. The summed E-state index contributed by atoms with van der Waals surface area (Å²) in [6, 6.07) is 6.03. The second kappa shape index (κ2) is 5.49. The smallest absolute Gasteiger partial charge is 0.0398 e. The first kappa shape index (κ1) is 15.3. The zero-order chi connectivity index (χ0) is 16.3. The molecule has 24 heavy (non-hydrogen) atoms. The van der Waals surface area contributed by atoms with Gasteiger partial charge in [0, 0.05) is 30.2 Å². The first-order valence-corrected chi connectivity index (χ1v) is 10.3. The minimum Gasteiger partial charge on any atom is -0.371 e. The van der Waals surface area contributed by atoms with Crippen LogP contribution in [0.15, 0.2) is 12.1 Å². The van der Waals surface area contributed by atoms with Gasteiger partial charge in [0.05, 0.1) is 0 Å². The van der Waals surface area contributed by atoms with Gasteiger partial charge in [0.2, 0.25) is 0 Å². The van der Waals surface area contributed by atoms with Crippen LogP contribution < -0.4 is 4.90 Å². The minimum atomic E-state index is 0.511. The van der Waals surface area contributed by atoms with Gasteiger partial charge in [-0.3, -0.25) is 0 Å². The lowest BCUT2D eigenvalue weighted by molar-refractivity contribution is 0.00285. The largest absolute Gasteiger partial charge is 0.371 e. The van der Waals surface area contributed by atoms with Crippen molar-refractivity contribution in [3.63, 3.8) is 0 Å². The van der Waals surface area contributed by atoms with Crippen LogP contribution in [0.4, 0.5) is 5.69 Å². The predicted molar refractivity (Wildman–Crippen MR) is 101 cm³/mol. The van der Waals surface area contributed by atoms with E-state index in [4.69, 9.17) is 0 Å². The van der Waals surface area contributed by atoms with Gasteiger partial charge in [0.15, 0.2) is 0 Å². The van der Waals surface area contributed by atoms with E-state index in [1.54, 1.807) is 11.1 Å². The van der Waals surface area contributed by atoms with Gasteiger partial charge in [-0.2, -0.15) is 0 Å². The fourth-order valence-electron chi connectivity index (χ4n) is 6.65. The van der Waals surface area contributed by atoms with Gasteiger partial charge in [0.1, 0.15) is 0 Å².